The zero-order valence-corrected chi connectivity index (χ0v) is 15.9. The molecule has 0 N–H and O–H groups in total. The maximum atomic E-state index is 12.5. The summed E-state index contributed by atoms with van der Waals surface area (Å²) in [6, 6.07) is 10.3. The highest BCUT2D eigenvalue weighted by Gasteiger charge is 2.21. The number of hydrogen-bond donors (Lipinski definition) is 0. The molecule has 2 heterocycles. The third-order valence-corrected chi connectivity index (χ3v) is 4.84. The zero-order chi connectivity index (χ0) is 18.5. The second-order valence-corrected chi connectivity index (χ2v) is 6.53. The van der Waals surface area contributed by atoms with Crippen molar-refractivity contribution in [1.82, 2.24) is 14.9 Å². The molecule has 0 atom stereocenters. The minimum absolute atomic E-state index is 0.0305. The molecule has 1 aromatic heterocycles. The van der Waals surface area contributed by atoms with Crippen molar-refractivity contribution in [2.45, 2.75) is 20.8 Å². The Morgan fingerprint density at radius 1 is 1.08 bits per heavy atom. The van der Waals surface area contributed by atoms with E-state index in [0.29, 0.717) is 24.7 Å². The smallest absolute Gasteiger partial charge is 0.272 e. The highest BCUT2D eigenvalue weighted by atomic mass is 16.2. The lowest BCUT2D eigenvalue weighted by Crippen LogP contribution is -2.47. The van der Waals surface area contributed by atoms with Crippen LogP contribution in [0, 0.1) is 6.92 Å². The van der Waals surface area contributed by atoms with E-state index >= 15 is 0 Å². The standard InChI is InChI=1S/C20H27N5O/c1-4-23(5-2)19(26)18-9-10-21-20(22-18)25-13-11-24(12-14-25)17-8-6-7-16(3)15-17/h6-10,15H,4-5,11-14H2,1-3H3. The van der Waals surface area contributed by atoms with Crippen molar-refractivity contribution < 1.29 is 4.79 Å². The van der Waals surface area contributed by atoms with Crippen LogP contribution in [0.3, 0.4) is 0 Å². The minimum Gasteiger partial charge on any atom is -0.368 e. The number of rotatable bonds is 5. The van der Waals surface area contributed by atoms with Crippen molar-refractivity contribution in [2.75, 3.05) is 49.1 Å². The van der Waals surface area contributed by atoms with Gasteiger partial charge in [0.2, 0.25) is 5.95 Å². The summed E-state index contributed by atoms with van der Waals surface area (Å²) < 4.78 is 0. The monoisotopic (exact) mass is 353 g/mol. The maximum absolute atomic E-state index is 12.5. The van der Waals surface area contributed by atoms with E-state index in [1.807, 2.05) is 13.8 Å². The number of carbonyl (C=O) groups is 1. The van der Waals surface area contributed by atoms with E-state index < -0.39 is 0 Å². The predicted octanol–water partition coefficient (Wildman–Crippen LogP) is 2.59. The van der Waals surface area contributed by atoms with Crippen LogP contribution in [0.15, 0.2) is 36.5 Å². The molecule has 1 aliphatic heterocycles. The molecule has 1 amide bonds. The molecular weight excluding hydrogens is 326 g/mol. The normalized spacial score (nSPS) is 14.4. The van der Waals surface area contributed by atoms with Gasteiger partial charge in [-0.3, -0.25) is 4.79 Å². The van der Waals surface area contributed by atoms with Gasteiger partial charge in [-0.05, 0) is 44.5 Å². The number of hydrogen-bond acceptors (Lipinski definition) is 5. The fourth-order valence-electron chi connectivity index (χ4n) is 3.28. The Morgan fingerprint density at radius 2 is 1.77 bits per heavy atom. The number of aromatic nitrogens is 2. The van der Waals surface area contributed by atoms with Gasteiger partial charge in [0.25, 0.3) is 5.91 Å². The fourth-order valence-corrected chi connectivity index (χ4v) is 3.28. The molecule has 0 unspecified atom stereocenters. The van der Waals surface area contributed by atoms with Gasteiger partial charge >= 0.3 is 0 Å². The first kappa shape index (κ1) is 18.2. The van der Waals surface area contributed by atoms with Gasteiger partial charge < -0.3 is 14.7 Å². The van der Waals surface area contributed by atoms with E-state index in [-0.39, 0.29) is 5.91 Å². The van der Waals surface area contributed by atoms with Crippen molar-refractivity contribution in [3.05, 3.63) is 47.8 Å². The van der Waals surface area contributed by atoms with Gasteiger partial charge in [-0.2, -0.15) is 0 Å². The number of aryl methyl sites for hydroxylation is 1. The predicted molar refractivity (Wildman–Crippen MR) is 105 cm³/mol. The maximum Gasteiger partial charge on any atom is 0.272 e. The minimum atomic E-state index is -0.0305. The molecule has 138 valence electrons. The van der Waals surface area contributed by atoms with E-state index in [1.54, 1.807) is 17.2 Å². The average Bonchev–Trinajstić information content (AvgIpc) is 2.69. The molecule has 0 spiro atoms. The Hall–Kier alpha value is -2.63. The van der Waals surface area contributed by atoms with Crippen LogP contribution in [-0.4, -0.2) is 60.0 Å². The summed E-state index contributed by atoms with van der Waals surface area (Å²) in [6.45, 7) is 11.0. The van der Waals surface area contributed by atoms with Crippen LogP contribution in [0.2, 0.25) is 0 Å². The molecule has 0 saturated carbocycles. The molecule has 1 aliphatic rings. The summed E-state index contributed by atoms with van der Waals surface area (Å²) >= 11 is 0. The third kappa shape index (κ3) is 3.95. The van der Waals surface area contributed by atoms with Crippen LogP contribution in [0.25, 0.3) is 0 Å². The Balaban J connectivity index is 1.68. The first-order chi connectivity index (χ1) is 12.6. The quantitative estimate of drug-likeness (QED) is 0.827. The molecule has 3 rings (SSSR count). The van der Waals surface area contributed by atoms with Gasteiger partial charge in [-0.1, -0.05) is 12.1 Å². The highest BCUT2D eigenvalue weighted by Crippen LogP contribution is 2.19. The van der Waals surface area contributed by atoms with Gasteiger partial charge in [0.15, 0.2) is 0 Å². The Kier molecular flexibility index (Phi) is 5.71. The number of benzene rings is 1. The number of piperazine rings is 1. The molecular formula is C20H27N5O. The fraction of sp³-hybridized carbons (Fsp3) is 0.450. The van der Waals surface area contributed by atoms with Crippen LogP contribution in [0.5, 0.6) is 0 Å². The first-order valence-electron chi connectivity index (χ1n) is 9.31. The van der Waals surface area contributed by atoms with Crippen molar-refractivity contribution >= 4 is 17.5 Å². The van der Waals surface area contributed by atoms with Crippen LogP contribution in [-0.2, 0) is 0 Å². The zero-order valence-electron chi connectivity index (χ0n) is 15.9. The Bertz CT molecular complexity index is 751. The van der Waals surface area contributed by atoms with Gasteiger partial charge in [-0.25, -0.2) is 9.97 Å². The van der Waals surface area contributed by atoms with Crippen LogP contribution >= 0.6 is 0 Å². The van der Waals surface area contributed by atoms with Gasteiger partial charge in [0, 0.05) is 51.2 Å². The molecule has 0 radical (unpaired) electrons. The number of carbonyl (C=O) groups excluding carboxylic acids is 1. The SMILES string of the molecule is CCN(CC)C(=O)c1ccnc(N2CCN(c3cccc(C)c3)CC2)n1. The Morgan fingerprint density at radius 3 is 2.42 bits per heavy atom. The van der Waals surface area contributed by atoms with E-state index in [2.05, 4.69) is 51.0 Å². The summed E-state index contributed by atoms with van der Waals surface area (Å²) in [5, 5.41) is 0. The summed E-state index contributed by atoms with van der Waals surface area (Å²) in [7, 11) is 0. The number of anilines is 2. The van der Waals surface area contributed by atoms with Crippen LogP contribution in [0.1, 0.15) is 29.9 Å². The molecule has 6 heteroatoms. The molecule has 26 heavy (non-hydrogen) atoms. The highest BCUT2D eigenvalue weighted by molar-refractivity contribution is 5.92. The average molecular weight is 353 g/mol. The summed E-state index contributed by atoms with van der Waals surface area (Å²) in [5.74, 6) is 0.615. The van der Waals surface area contributed by atoms with Gasteiger partial charge in [0.1, 0.15) is 5.69 Å². The van der Waals surface area contributed by atoms with E-state index in [9.17, 15) is 4.79 Å². The van der Waals surface area contributed by atoms with Crippen LogP contribution < -0.4 is 9.80 Å². The van der Waals surface area contributed by atoms with Gasteiger partial charge in [0.05, 0.1) is 0 Å². The van der Waals surface area contributed by atoms with Crippen molar-refractivity contribution in [3.8, 4) is 0 Å². The van der Waals surface area contributed by atoms with E-state index in [0.717, 1.165) is 26.2 Å². The van der Waals surface area contributed by atoms with E-state index in [1.165, 1.54) is 11.3 Å². The molecule has 1 saturated heterocycles. The largest absolute Gasteiger partial charge is 0.368 e. The van der Waals surface area contributed by atoms with E-state index in [4.69, 9.17) is 0 Å². The Labute approximate surface area is 155 Å². The molecule has 1 fully saturated rings. The van der Waals surface area contributed by atoms with Crippen molar-refractivity contribution in [1.29, 1.82) is 0 Å². The molecule has 1 aromatic carbocycles. The lowest BCUT2D eigenvalue weighted by atomic mass is 10.2. The third-order valence-electron chi connectivity index (χ3n) is 4.84. The van der Waals surface area contributed by atoms with Crippen LogP contribution in [0.4, 0.5) is 11.6 Å². The van der Waals surface area contributed by atoms with Crippen molar-refractivity contribution in [3.63, 3.8) is 0 Å². The summed E-state index contributed by atoms with van der Waals surface area (Å²) in [5.41, 5.74) is 3.01. The number of amides is 1. The molecule has 6 nitrogen and oxygen atoms in total. The second kappa shape index (κ2) is 8.17. The lowest BCUT2D eigenvalue weighted by Gasteiger charge is -2.36. The topological polar surface area (TPSA) is 52.6 Å². The molecule has 2 aromatic rings. The lowest BCUT2D eigenvalue weighted by molar-refractivity contribution is 0.0767. The summed E-state index contributed by atoms with van der Waals surface area (Å²) in [6.07, 6.45) is 1.69. The first-order valence-corrected chi connectivity index (χ1v) is 9.31. The van der Waals surface area contributed by atoms with Crippen molar-refractivity contribution in [2.24, 2.45) is 0 Å². The summed E-state index contributed by atoms with van der Waals surface area (Å²) in [4.78, 5) is 27.8. The second-order valence-electron chi connectivity index (χ2n) is 6.53. The van der Waals surface area contributed by atoms with Gasteiger partial charge in [-0.15, -0.1) is 0 Å². The number of nitrogens with zero attached hydrogens (tertiary/aromatic N) is 5. The molecule has 0 bridgehead atoms. The molecule has 0 aliphatic carbocycles.